The van der Waals surface area contributed by atoms with Crippen molar-refractivity contribution in [1.29, 1.82) is 0 Å². The molecule has 4 rings (SSSR count). The molecule has 2 N–H and O–H groups in total. The van der Waals surface area contributed by atoms with Gasteiger partial charge in [0, 0.05) is 24.5 Å². The largest absolute Gasteiger partial charge is 0.343 e. The predicted octanol–water partition coefficient (Wildman–Crippen LogP) is 4.95. The summed E-state index contributed by atoms with van der Waals surface area (Å²) in [6.45, 7) is 6.37. The van der Waals surface area contributed by atoms with Gasteiger partial charge in [0.1, 0.15) is 11.5 Å². The van der Waals surface area contributed by atoms with Crippen molar-refractivity contribution >= 4 is 28.5 Å². The second kappa shape index (κ2) is 7.36. The summed E-state index contributed by atoms with van der Waals surface area (Å²) in [5.41, 5.74) is 4.46. The number of aromatic amines is 1. The molecule has 1 fully saturated rings. The highest BCUT2D eigenvalue weighted by Gasteiger charge is 2.18. The molecule has 5 heteroatoms. The summed E-state index contributed by atoms with van der Waals surface area (Å²) in [6, 6.07) is 10.8. The number of nitrogens with one attached hydrogen (secondary N) is 2. The van der Waals surface area contributed by atoms with Gasteiger partial charge in [-0.25, -0.2) is 0 Å². The molecule has 2 aromatic heterocycles. The number of H-pyrrole nitrogens is 1. The number of aromatic nitrogens is 3. The highest BCUT2D eigenvalue weighted by molar-refractivity contribution is 5.90. The molecule has 1 saturated heterocycles. The molecule has 0 atom stereocenters. The lowest BCUT2D eigenvalue weighted by Crippen LogP contribution is -2.20. The van der Waals surface area contributed by atoms with Crippen molar-refractivity contribution in [2.75, 3.05) is 23.3 Å². The van der Waals surface area contributed by atoms with Crippen molar-refractivity contribution in [2.24, 2.45) is 0 Å². The molecule has 26 heavy (non-hydrogen) atoms. The van der Waals surface area contributed by atoms with Crippen LogP contribution in [0.15, 0.2) is 30.3 Å². The molecule has 0 amide bonds. The second-order valence-electron chi connectivity index (χ2n) is 7.21. The fraction of sp³-hybridized carbons (Fsp3) is 0.429. The monoisotopic (exact) mass is 349 g/mol. The molecular formula is C21H27N5. The van der Waals surface area contributed by atoms with Gasteiger partial charge in [-0.1, -0.05) is 25.5 Å². The number of anilines is 3. The number of fused-ring (bicyclic) bond motifs is 1. The average molecular weight is 349 g/mol. The molecule has 1 aliphatic rings. The van der Waals surface area contributed by atoms with Crippen molar-refractivity contribution in [3.63, 3.8) is 0 Å². The Labute approximate surface area is 154 Å². The normalized spacial score (nSPS) is 14.3. The van der Waals surface area contributed by atoms with Crippen LogP contribution in [-0.2, 0) is 6.42 Å². The lowest BCUT2D eigenvalue weighted by atomic mass is 10.1. The first-order valence-electron chi connectivity index (χ1n) is 9.71. The number of benzene rings is 1. The molecule has 1 aliphatic heterocycles. The van der Waals surface area contributed by atoms with E-state index in [0.29, 0.717) is 0 Å². The number of hydrogen-bond donors (Lipinski definition) is 2. The first kappa shape index (κ1) is 16.9. The number of unbranched alkanes of at least 4 members (excludes halogenated alkanes) is 1. The SMILES string of the molecule is CCCCc1ccc(Nc2nc(N3CCCC3)nc3[nH]c(C)cc23)cc1. The predicted molar refractivity (Wildman–Crippen MR) is 108 cm³/mol. The fourth-order valence-corrected chi connectivity index (χ4v) is 3.56. The molecule has 1 aromatic carbocycles. The van der Waals surface area contributed by atoms with Gasteiger partial charge in [-0.3, -0.25) is 0 Å². The second-order valence-corrected chi connectivity index (χ2v) is 7.21. The topological polar surface area (TPSA) is 56.8 Å². The first-order chi connectivity index (χ1) is 12.7. The summed E-state index contributed by atoms with van der Waals surface area (Å²) < 4.78 is 0. The summed E-state index contributed by atoms with van der Waals surface area (Å²) in [6.07, 6.45) is 6.04. The molecule has 0 radical (unpaired) electrons. The van der Waals surface area contributed by atoms with Crippen LogP contribution in [0.1, 0.15) is 43.9 Å². The Morgan fingerprint density at radius 2 is 1.88 bits per heavy atom. The van der Waals surface area contributed by atoms with Crippen LogP contribution in [0.25, 0.3) is 11.0 Å². The average Bonchev–Trinajstić information content (AvgIpc) is 3.30. The molecule has 136 valence electrons. The van der Waals surface area contributed by atoms with Crippen LogP contribution in [0.4, 0.5) is 17.5 Å². The molecule has 5 nitrogen and oxygen atoms in total. The summed E-state index contributed by atoms with van der Waals surface area (Å²) in [4.78, 5) is 15.2. The van der Waals surface area contributed by atoms with Crippen LogP contribution in [0.3, 0.4) is 0 Å². The summed E-state index contributed by atoms with van der Waals surface area (Å²) in [5.74, 6) is 1.70. The van der Waals surface area contributed by atoms with Gasteiger partial charge in [0.25, 0.3) is 0 Å². The minimum absolute atomic E-state index is 0.818. The lowest BCUT2D eigenvalue weighted by molar-refractivity contribution is 0.795. The molecule has 0 bridgehead atoms. The fourth-order valence-electron chi connectivity index (χ4n) is 3.56. The third kappa shape index (κ3) is 3.52. The van der Waals surface area contributed by atoms with E-state index in [-0.39, 0.29) is 0 Å². The van der Waals surface area contributed by atoms with Gasteiger partial charge >= 0.3 is 0 Å². The first-order valence-corrected chi connectivity index (χ1v) is 9.71. The molecule has 0 aliphatic carbocycles. The number of hydrogen-bond acceptors (Lipinski definition) is 4. The standard InChI is InChI=1S/C21H27N5/c1-3-4-7-16-8-10-17(11-9-16)23-20-18-14-15(2)22-19(18)24-21(25-20)26-12-5-6-13-26/h8-11,14H,3-7,12-13H2,1-2H3,(H2,22,23,24,25). The van der Waals surface area contributed by atoms with Gasteiger partial charge in [0.15, 0.2) is 0 Å². The van der Waals surface area contributed by atoms with Crippen LogP contribution < -0.4 is 10.2 Å². The minimum atomic E-state index is 0.818. The molecule has 3 heterocycles. The van der Waals surface area contributed by atoms with Crippen molar-refractivity contribution in [2.45, 2.75) is 46.0 Å². The van der Waals surface area contributed by atoms with Crippen LogP contribution in [0, 0.1) is 6.92 Å². The Hall–Kier alpha value is -2.56. The third-order valence-electron chi connectivity index (χ3n) is 5.03. The van der Waals surface area contributed by atoms with E-state index in [0.717, 1.165) is 53.7 Å². The van der Waals surface area contributed by atoms with E-state index in [1.165, 1.54) is 31.2 Å². The maximum absolute atomic E-state index is 4.85. The molecule has 3 aromatic rings. The van der Waals surface area contributed by atoms with E-state index < -0.39 is 0 Å². The van der Waals surface area contributed by atoms with Gasteiger partial charge in [-0.05, 0) is 56.4 Å². The van der Waals surface area contributed by atoms with Gasteiger partial charge in [-0.15, -0.1) is 0 Å². The van der Waals surface area contributed by atoms with Crippen LogP contribution in [0.2, 0.25) is 0 Å². The smallest absolute Gasteiger partial charge is 0.229 e. The van der Waals surface area contributed by atoms with Crippen molar-refractivity contribution in [1.82, 2.24) is 15.0 Å². The number of aryl methyl sites for hydroxylation is 2. The van der Waals surface area contributed by atoms with Gasteiger partial charge < -0.3 is 15.2 Å². The summed E-state index contributed by atoms with van der Waals surface area (Å²) in [5, 5.41) is 4.55. The Morgan fingerprint density at radius 1 is 1.12 bits per heavy atom. The molecular weight excluding hydrogens is 322 g/mol. The summed E-state index contributed by atoms with van der Waals surface area (Å²) >= 11 is 0. The van der Waals surface area contributed by atoms with Crippen LogP contribution in [-0.4, -0.2) is 28.0 Å². The quantitative estimate of drug-likeness (QED) is 0.661. The maximum atomic E-state index is 4.85. The van der Waals surface area contributed by atoms with E-state index in [2.05, 4.69) is 59.4 Å². The lowest BCUT2D eigenvalue weighted by Gasteiger charge is -2.17. The molecule has 0 saturated carbocycles. The zero-order chi connectivity index (χ0) is 17.9. The van der Waals surface area contributed by atoms with Crippen molar-refractivity contribution in [3.8, 4) is 0 Å². The Kier molecular flexibility index (Phi) is 4.78. The van der Waals surface area contributed by atoms with E-state index >= 15 is 0 Å². The number of rotatable bonds is 6. The summed E-state index contributed by atoms with van der Waals surface area (Å²) in [7, 11) is 0. The molecule has 0 unspecified atom stereocenters. The van der Waals surface area contributed by atoms with Crippen LogP contribution >= 0.6 is 0 Å². The zero-order valence-electron chi connectivity index (χ0n) is 15.7. The van der Waals surface area contributed by atoms with Crippen molar-refractivity contribution in [3.05, 3.63) is 41.6 Å². The Morgan fingerprint density at radius 3 is 2.62 bits per heavy atom. The van der Waals surface area contributed by atoms with E-state index in [1.54, 1.807) is 0 Å². The zero-order valence-corrected chi connectivity index (χ0v) is 15.7. The van der Waals surface area contributed by atoms with Gasteiger partial charge in [0.05, 0.1) is 5.39 Å². The minimum Gasteiger partial charge on any atom is -0.343 e. The number of nitrogens with zero attached hydrogens (tertiary/aromatic N) is 3. The molecule has 0 spiro atoms. The highest BCUT2D eigenvalue weighted by atomic mass is 15.3. The Balaban J connectivity index is 1.63. The van der Waals surface area contributed by atoms with E-state index in [9.17, 15) is 0 Å². The van der Waals surface area contributed by atoms with Gasteiger partial charge in [-0.2, -0.15) is 9.97 Å². The van der Waals surface area contributed by atoms with Crippen molar-refractivity contribution < 1.29 is 0 Å². The van der Waals surface area contributed by atoms with E-state index in [1.807, 2.05) is 0 Å². The third-order valence-corrected chi connectivity index (χ3v) is 5.03. The Bertz CT molecular complexity index is 875. The van der Waals surface area contributed by atoms with E-state index in [4.69, 9.17) is 9.97 Å². The highest BCUT2D eigenvalue weighted by Crippen LogP contribution is 2.28. The van der Waals surface area contributed by atoms with Crippen LogP contribution in [0.5, 0.6) is 0 Å². The van der Waals surface area contributed by atoms with Gasteiger partial charge in [0.2, 0.25) is 5.95 Å². The maximum Gasteiger partial charge on any atom is 0.229 e.